The molecule has 10 nitrogen and oxygen atoms in total. The summed E-state index contributed by atoms with van der Waals surface area (Å²) in [6.45, 7) is 0. The van der Waals surface area contributed by atoms with Gasteiger partial charge in [-0.2, -0.15) is 0 Å². The van der Waals surface area contributed by atoms with E-state index >= 15 is 0 Å². The molecule has 0 saturated carbocycles. The van der Waals surface area contributed by atoms with E-state index in [-0.39, 0.29) is 43.4 Å². The third-order valence-electron chi connectivity index (χ3n) is 3.60. The van der Waals surface area contributed by atoms with Crippen molar-refractivity contribution in [3.63, 3.8) is 0 Å². The Labute approximate surface area is 185 Å². The third-order valence-corrected chi connectivity index (χ3v) is 5.11. The number of thiocarbonyl (C=S) groups is 1. The molecule has 0 aliphatic rings. The number of aromatic nitrogens is 1. The zero-order valence-electron chi connectivity index (χ0n) is 15.4. The molecule has 0 spiro atoms. The zero-order valence-corrected chi connectivity index (χ0v) is 17.8. The number of anilines is 1. The Morgan fingerprint density at radius 2 is 1.80 bits per heavy atom. The number of ether oxygens (including phenoxy) is 1. The Hall–Kier alpha value is -3.09. The van der Waals surface area contributed by atoms with E-state index in [1.54, 1.807) is 12.1 Å². The van der Waals surface area contributed by atoms with Crippen LogP contribution >= 0.6 is 35.6 Å². The van der Waals surface area contributed by atoms with Crippen molar-refractivity contribution in [3.8, 4) is 0 Å². The Morgan fingerprint density at radius 1 is 1.17 bits per heavy atom. The van der Waals surface area contributed by atoms with Crippen molar-refractivity contribution in [2.75, 3.05) is 18.2 Å². The maximum absolute atomic E-state index is 12.3. The average Bonchev–Trinajstić information content (AvgIpc) is 3.04. The zero-order chi connectivity index (χ0) is 22.4. The summed E-state index contributed by atoms with van der Waals surface area (Å²) in [4.78, 5) is 50.3. The molecule has 1 aromatic heterocycles. The van der Waals surface area contributed by atoms with Crippen molar-refractivity contribution < 1.29 is 23.9 Å². The molecule has 158 valence electrons. The van der Waals surface area contributed by atoms with Crippen LogP contribution in [0.15, 0.2) is 29.3 Å². The Morgan fingerprint density at radius 3 is 2.37 bits per heavy atom. The highest BCUT2D eigenvalue weighted by molar-refractivity contribution is 8.00. The molecule has 0 aliphatic carbocycles. The molecule has 2 aromatic rings. The predicted octanol–water partition coefficient (Wildman–Crippen LogP) is 1.26. The number of carbonyl (C=O) groups is 4. The number of halogens is 1. The van der Waals surface area contributed by atoms with Gasteiger partial charge in [-0.25, -0.2) is 0 Å². The fourth-order valence-corrected chi connectivity index (χ4v) is 3.63. The number of hydrogen-bond acceptors (Lipinski definition) is 7. The van der Waals surface area contributed by atoms with E-state index in [0.717, 1.165) is 11.8 Å². The molecule has 3 amide bonds. The fourth-order valence-electron chi connectivity index (χ4n) is 2.31. The van der Waals surface area contributed by atoms with Gasteiger partial charge in [0.15, 0.2) is 5.11 Å². The van der Waals surface area contributed by atoms with Crippen LogP contribution in [0, 0.1) is 0 Å². The highest BCUT2D eigenvalue weighted by Crippen LogP contribution is 2.30. The van der Waals surface area contributed by atoms with Gasteiger partial charge < -0.3 is 26.5 Å². The Bertz CT molecular complexity index is 1040. The summed E-state index contributed by atoms with van der Waals surface area (Å²) in [5, 5.41) is 5.10. The number of methoxy groups -OCH3 is 1. The maximum atomic E-state index is 12.3. The molecular weight excluding hydrogens is 454 g/mol. The average molecular weight is 470 g/mol. The van der Waals surface area contributed by atoms with E-state index in [4.69, 9.17) is 35.3 Å². The second-order valence-corrected chi connectivity index (χ2v) is 7.36. The molecule has 0 unspecified atom stereocenters. The van der Waals surface area contributed by atoms with E-state index in [9.17, 15) is 19.2 Å². The van der Waals surface area contributed by atoms with Crippen molar-refractivity contribution in [1.29, 1.82) is 0 Å². The molecule has 2 rings (SSSR count). The number of amides is 3. The smallest absolute Gasteiger partial charge is 0.316 e. The number of carbonyl (C=O) groups excluding carboxylic acids is 4. The van der Waals surface area contributed by atoms with E-state index in [1.807, 2.05) is 0 Å². The summed E-state index contributed by atoms with van der Waals surface area (Å²) < 4.78 is 4.54. The van der Waals surface area contributed by atoms with Crippen molar-refractivity contribution in [2.24, 2.45) is 11.5 Å². The summed E-state index contributed by atoms with van der Waals surface area (Å²) in [5.74, 6) is -3.33. The van der Waals surface area contributed by atoms with Gasteiger partial charge in [0.2, 0.25) is 0 Å². The minimum atomic E-state index is -0.979. The quantitative estimate of drug-likeness (QED) is 0.229. The molecule has 0 bridgehead atoms. The number of rotatable bonds is 7. The molecule has 1 heterocycles. The minimum Gasteiger partial charge on any atom is -0.468 e. The molecule has 0 atom stereocenters. The van der Waals surface area contributed by atoms with Crippen LogP contribution in [0.3, 0.4) is 0 Å². The molecule has 0 fully saturated rings. The number of nitrogens with two attached hydrogens (primary N) is 2. The van der Waals surface area contributed by atoms with Crippen LogP contribution in [0.1, 0.15) is 31.1 Å². The van der Waals surface area contributed by atoms with Gasteiger partial charge in [0.1, 0.15) is 5.82 Å². The largest absolute Gasteiger partial charge is 0.468 e. The molecular formula is C17H16ClN5O5S2. The first-order valence-electron chi connectivity index (χ1n) is 8.07. The highest BCUT2D eigenvalue weighted by atomic mass is 35.5. The summed E-state index contributed by atoms with van der Waals surface area (Å²) in [6, 6.07) is 6.31. The van der Waals surface area contributed by atoms with Gasteiger partial charge in [0.05, 0.1) is 39.6 Å². The molecule has 0 radical (unpaired) electrons. The lowest BCUT2D eigenvalue weighted by molar-refractivity contribution is -0.137. The van der Waals surface area contributed by atoms with Crippen molar-refractivity contribution >= 4 is 70.2 Å². The molecule has 7 N–H and O–H groups in total. The first kappa shape index (κ1) is 23.2. The lowest BCUT2D eigenvalue weighted by Crippen LogP contribution is -2.35. The number of benzene rings is 1. The van der Waals surface area contributed by atoms with Crippen LogP contribution in [0.2, 0.25) is 5.02 Å². The lowest BCUT2D eigenvalue weighted by atomic mass is 10.1. The summed E-state index contributed by atoms with van der Waals surface area (Å²) in [5.41, 5.74) is 10.4. The molecule has 1 aromatic carbocycles. The van der Waals surface area contributed by atoms with Gasteiger partial charge in [0, 0.05) is 0 Å². The Balaban J connectivity index is 2.29. The third kappa shape index (κ3) is 5.49. The van der Waals surface area contributed by atoms with Crippen LogP contribution in [-0.2, 0) is 9.53 Å². The molecule has 0 aliphatic heterocycles. The molecule has 0 saturated heterocycles. The number of nitrogens with one attached hydrogen (secondary N) is 3. The number of thioether (sulfide) groups is 1. The van der Waals surface area contributed by atoms with Crippen LogP contribution < -0.4 is 22.1 Å². The van der Waals surface area contributed by atoms with Gasteiger partial charge >= 0.3 is 5.97 Å². The number of aromatic amines is 1. The van der Waals surface area contributed by atoms with Crippen LogP contribution in [0.25, 0.3) is 0 Å². The fraction of sp³-hybridized carbons (Fsp3) is 0.118. The first-order chi connectivity index (χ1) is 14.1. The Kier molecular flexibility index (Phi) is 7.80. The van der Waals surface area contributed by atoms with Gasteiger partial charge in [-0.1, -0.05) is 35.5 Å². The van der Waals surface area contributed by atoms with E-state index in [0.29, 0.717) is 0 Å². The normalized spacial score (nSPS) is 10.2. The van der Waals surface area contributed by atoms with E-state index in [2.05, 4.69) is 20.4 Å². The van der Waals surface area contributed by atoms with Crippen LogP contribution in [0.4, 0.5) is 5.82 Å². The van der Waals surface area contributed by atoms with Crippen molar-refractivity contribution in [2.45, 2.75) is 5.03 Å². The van der Waals surface area contributed by atoms with E-state index < -0.39 is 23.7 Å². The van der Waals surface area contributed by atoms with E-state index in [1.165, 1.54) is 19.2 Å². The number of esters is 1. The van der Waals surface area contributed by atoms with Gasteiger partial charge in [-0.05, 0) is 24.4 Å². The number of H-pyrrole nitrogens is 1. The minimum absolute atomic E-state index is 0.0758. The van der Waals surface area contributed by atoms with Crippen LogP contribution in [0.5, 0.6) is 0 Å². The maximum Gasteiger partial charge on any atom is 0.316 e. The summed E-state index contributed by atoms with van der Waals surface area (Å²) in [7, 11) is 1.20. The SMILES string of the molecule is COC(=O)CSc1[nH]c(NC(=S)NC(=O)c2ccccc2Cl)c(C(N)=O)c1C(N)=O. The number of hydrogen-bond donors (Lipinski definition) is 5. The molecule has 30 heavy (non-hydrogen) atoms. The lowest BCUT2D eigenvalue weighted by Gasteiger charge is -2.10. The summed E-state index contributed by atoms with van der Waals surface area (Å²) >= 11 is 11.9. The predicted molar refractivity (Wildman–Crippen MR) is 116 cm³/mol. The second kappa shape index (κ2) is 10.1. The van der Waals surface area contributed by atoms with Crippen molar-refractivity contribution in [3.05, 3.63) is 46.0 Å². The molecule has 13 heteroatoms. The monoisotopic (exact) mass is 469 g/mol. The van der Waals surface area contributed by atoms with Gasteiger partial charge in [-0.3, -0.25) is 24.5 Å². The topological polar surface area (TPSA) is 169 Å². The van der Waals surface area contributed by atoms with Gasteiger partial charge in [-0.15, -0.1) is 0 Å². The van der Waals surface area contributed by atoms with Gasteiger partial charge in [0.25, 0.3) is 17.7 Å². The first-order valence-corrected chi connectivity index (χ1v) is 9.84. The van der Waals surface area contributed by atoms with Crippen LogP contribution in [-0.4, -0.2) is 46.6 Å². The number of primary amides is 2. The summed E-state index contributed by atoms with van der Waals surface area (Å²) in [6.07, 6.45) is 0. The standard InChI is InChI=1S/C17H16ClN5O5S2/c1-28-9(24)6-30-16-11(13(20)26)10(12(19)25)14(21-16)22-17(29)23-15(27)7-4-2-3-5-8(7)18/h2-5,21H,6H2,1H3,(H2,19,25)(H2,20,26)(H2,22,23,27,29). The second-order valence-electron chi connectivity index (χ2n) is 5.56. The van der Waals surface area contributed by atoms with Crippen molar-refractivity contribution in [1.82, 2.24) is 10.3 Å². The highest BCUT2D eigenvalue weighted by Gasteiger charge is 2.27.